The Morgan fingerprint density at radius 3 is 2.24 bits per heavy atom. The number of likely N-dealkylation sites (N-methyl/N-ethyl adjacent to an activating group) is 1. The van der Waals surface area contributed by atoms with Gasteiger partial charge in [0.25, 0.3) is 0 Å². The van der Waals surface area contributed by atoms with Crippen molar-refractivity contribution < 1.29 is 96.9 Å². The molecule has 512 valence electrons. The minimum Gasteiger partial charge on any atom is -0.492 e. The van der Waals surface area contributed by atoms with Crippen LogP contribution in [0.15, 0.2) is 47.6 Å². The van der Waals surface area contributed by atoms with Gasteiger partial charge in [-0.2, -0.15) is 5.48 Å². The number of hydrogen-bond acceptors (Lipinski definition) is 25. The Bertz CT molecular complexity index is 3210. The van der Waals surface area contributed by atoms with Crippen LogP contribution in [0.4, 0.5) is 0 Å². The Labute approximate surface area is 570 Å². The van der Waals surface area contributed by atoms with Crippen molar-refractivity contribution in [3.63, 3.8) is 0 Å². The van der Waals surface area contributed by atoms with Crippen LogP contribution in [0.2, 0.25) is 0 Å². The fraction of sp³-hybridized carbons (Fsp3) is 0.657. The number of ketones is 2. The smallest absolute Gasteiger partial charge is 0.229 e. The Kier molecular flexibility index (Phi) is 24.8. The summed E-state index contributed by atoms with van der Waals surface area (Å²) in [5, 5.41) is 61.5. The molecule has 7 N–H and O–H groups in total. The van der Waals surface area contributed by atoms with E-state index in [1.54, 1.807) is 69.4 Å². The normalized spacial score (nSPS) is 37.7. The molecule has 0 amide bonds. The van der Waals surface area contributed by atoms with Crippen molar-refractivity contribution in [3.05, 3.63) is 73.4 Å². The zero-order valence-corrected chi connectivity index (χ0v) is 59.5. The molecule has 2 saturated carbocycles. The molecule has 93 heavy (non-hydrogen) atoms. The second-order valence-corrected chi connectivity index (χ2v) is 30.5. The maximum atomic E-state index is 14.5. The van der Waals surface area contributed by atoms with Crippen LogP contribution in [0, 0.1) is 58.4 Å². The van der Waals surface area contributed by atoms with E-state index < -0.39 is 125 Å². The number of aryl methyl sites for hydroxylation is 1. The zero-order chi connectivity index (χ0) is 67.6. The molecule has 6 fully saturated rings. The van der Waals surface area contributed by atoms with Crippen molar-refractivity contribution in [1.82, 2.24) is 10.8 Å². The van der Waals surface area contributed by atoms with Crippen LogP contribution < -0.4 is 25.0 Å². The van der Waals surface area contributed by atoms with Crippen LogP contribution >= 0.6 is 55.9 Å². The molecule has 4 aliphatic heterocycles. The molecule has 22 atom stereocenters. The fourth-order valence-electron chi connectivity index (χ4n) is 13.7. The van der Waals surface area contributed by atoms with E-state index >= 15 is 0 Å². The molecule has 26 heteroatoms. The highest BCUT2D eigenvalue weighted by Gasteiger charge is 2.78. The lowest BCUT2D eigenvalue weighted by Gasteiger charge is -2.60. The van der Waals surface area contributed by atoms with E-state index in [4.69, 9.17) is 56.9 Å². The minimum absolute atomic E-state index is 0.0369. The van der Waals surface area contributed by atoms with Gasteiger partial charge in [-0.3, -0.25) is 14.4 Å². The van der Waals surface area contributed by atoms with Gasteiger partial charge in [0, 0.05) is 67.8 Å². The van der Waals surface area contributed by atoms with E-state index in [1.165, 1.54) is 28.3 Å². The Morgan fingerprint density at radius 2 is 1.58 bits per heavy atom. The van der Waals surface area contributed by atoms with E-state index in [9.17, 15) is 39.9 Å². The van der Waals surface area contributed by atoms with Crippen LogP contribution in [-0.4, -0.2) is 205 Å². The van der Waals surface area contributed by atoms with Crippen LogP contribution in [0.5, 0.6) is 17.2 Å². The van der Waals surface area contributed by atoms with Gasteiger partial charge in [0.1, 0.15) is 53.8 Å². The van der Waals surface area contributed by atoms with Crippen LogP contribution in [-0.2, 0) is 57.1 Å². The number of carbonyl (C=O) groups excluding carboxylic acids is 3. The highest BCUT2D eigenvalue weighted by molar-refractivity contribution is 14.1. The summed E-state index contributed by atoms with van der Waals surface area (Å²) in [5.74, 6) is 11.2. The highest BCUT2D eigenvalue weighted by Crippen LogP contribution is 2.70. The highest BCUT2D eigenvalue weighted by atomic mass is 127. The number of nitrogens with one attached hydrogen (secondary N) is 2. The minimum atomic E-state index is -1.77. The first-order valence-electron chi connectivity index (χ1n) is 31.3. The molecule has 22 nitrogen and oxygen atoms in total. The Hall–Kier alpha value is -3.41. The monoisotopic (exact) mass is 1460 g/mol. The van der Waals surface area contributed by atoms with E-state index in [2.05, 4.69) is 72.6 Å². The summed E-state index contributed by atoms with van der Waals surface area (Å²) in [6.07, 6.45) is -12.9. The number of rotatable bonds is 24. The average molecular weight is 1470 g/mol. The van der Waals surface area contributed by atoms with Gasteiger partial charge in [-0.05, 0) is 114 Å². The third kappa shape index (κ3) is 15.1. The maximum absolute atomic E-state index is 14.5. The van der Waals surface area contributed by atoms with Gasteiger partial charge in [0.15, 0.2) is 30.4 Å². The lowest BCUT2D eigenvalue weighted by Crippen LogP contribution is -2.69. The van der Waals surface area contributed by atoms with Crippen molar-refractivity contribution in [2.45, 2.75) is 215 Å². The summed E-state index contributed by atoms with van der Waals surface area (Å²) in [6.45, 7) is 19.1. The SMILES string of the molecule is CCN[C@H]1CO[C@@H](O[C@H]2[C@H](O[C@H]3C#C/C=C(/C)C#CC45C(CC(C)=O)C(=O)C[C@]4(O)/C(=C/CSSC(C)(C)c4ccc(C)cc4)C35)O[C@H](C)[C@@H](NO[C@H]3C[C@H](O)[C@H](SC(=O)c4c(C)c(I)c(O[C@@H]5O[C@@H](C)[C@H](O)[C@@H](OC)[C@H]5O)c(OC)c4OC)[C@@H](C)O3)[C@@H]2O)C[C@@H]1OC. The van der Waals surface area contributed by atoms with Crippen molar-refractivity contribution in [3.8, 4) is 40.9 Å². The zero-order valence-electron chi connectivity index (χ0n) is 54.9. The topological polar surface area (TPSA) is 287 Å². The van der Waals surface area contributed by atoms with Crippen LogP contribution in [0.25, 0.3) is 0 Å². The molecule has 0 radical (unpaired) electrons. The van der Waals surface area contributed by atoms with Crippen molar-refractivity contribution >= 4 is 72.6 Å². The first-order valence-corrected chi connectivity index (χ1v) is 35.6. The maximum Gasteiger partial charge on any atom is 0.229 e. The number of benzene rings is 2. The van der Waals surface area contributed by atoms with E-state index in [-0.39, 0.29) is 83.6 Å². The predicted octanol–water partition coefficient (Wildman–Crippen LogP) is 6.15. The number of thioether (sulfide) groups is 1. The lowest BCUT2D eigenvalue weighted by atomic mass is 9.44. The summed E-state index contributed by atoms with van der Waals surface area (Å²) in [4.78, 5) is 48.2. The second kappa shape index (κ2) is 31.2. The number of hydroxylamine groups is 1. The number of hydrogen-bond donors (Lipinski definition) is 7. The summed E-state index contributed by atoms with van der Waals surface area (Å²) in [7, 11) is 8.99. The van der Waals surface area contributed by atoms with E-state index in [1.807, 2.05) is 42.5 Å². The molecule has 4 saturated heterocycles. The van der Waals surface area contributed by atoms with Gasteiger partial charge in [-0.1, -0.05) is 99.9 Å². The van der Waals surface area contributed by atoms with Gasteiger partial charge in [0.2, 0.25) is 17.2 Å². The molecule has 1 spiro atoms. The molecule has 3 unspecified atom stereocenters. The van der Waals surface area contributed by atoms with Crippen molar-refractivity contribution in [2.24, 2.45) is 17.3 Å². The number of ether oxygens (including phenoxy) is 11. The number of carbonyl (C=O) groups is 3. The summed E-state index contributed by atoms with van der Waals surface area (Å²) >= 11 is 2.86. The van der Waals surface area contributed by atoms with Crippen molar-refractivity contribution in [2.75, 3.05) is 47.3 Å². The quantitative estimate of drug-likeness (QED) is 0.0155. The molecular formula is C67H89IN2O20S3. The van der Waals surface area contributed by atoms with E-state index in [0.29, 0.717) is 32.6 Å². The number of methoxy groups -OCH3 is 4. The predicted molar refractivity (Wildman–Crippen MR) is 357 cm³/mol. The second-order valence-electron chi connectivity index (χ2n) is 25.3. The third-order valence-electron chi connectivity index (χ3n) is 18.7. The fourth-order valence-corrected chi connectivity index (χ4v) is 17.9. The molecule has 9 rings (SSSR count). The average Bonchev–Trinajstić information content (AvgIpc) is 1.55. The van der Waals surface area contributed by atoms with Gasteiger partial charge < -0.3 is 87.7 Å². The first kappa shape index (κ1) is 73.8. The third-order valence-corrected chi connectivity index (χ3v) is 24.5. The Morgan fingerprint density at radius 1 is 0.871 bits per heavy atom. The van der Waals surface area contributed by atoms with E-state index in [0.717, 1.165) is 22.9 Å². The Balaban J connectivity index is 0.950. The summed E-state index contributed by atoms with van der Waals surface area (Å²) in [5.41, 5.74) is 3.66. The van der Waals surface area contributed by atoms with Gasteiger partial charge in [-0.25, -0.2) is 0 Å². The van der Waals surface area contributed by atoms with Crippen LogP contribution in [0.3, 0.4) is 0 Å². The van der Waals surface area contributed by atoms with Gasteiger partial charge in [-0.15, -0.1) is 0 Å². The number of aliphatic hydroxyl groups excluding tert-OH is 4. The van der Waals surface area contributed by atoms with Crippen LogP contribution in [0.1, 0.15) is 108 Å². The summed E-state index contributed by atoms with van der Waals surface area (Å²) < 4.78 is 68.4. The summed E-state index contributed by atoms with van der Waals surface area (Å²) in [6, 6.07) is 7.20. The molecule has 2 aromatic rings. The number of allylic oxidation sites excluding steroid dienone is 2. The molecule has 7 aliphatic rings. The largest absolute Gasteiger partial charge is 0.492 e. The lowest BCUT2D eigenvalue weighted by molar-refractivity contribution is -0.342. The standard InChI is InChI=1S/C67H89IN2O20S3/c1-15-69-42-31-83-47(29-46(42)79-11)88-59-54(75)52(70-90-48-28-43(72)61(38(8)84-48)92-62(77)49-35(5)51(68)57(60(82-14)56(49)80-12)89-63-55(76)58(81-13)53(74)37(7)86-63)36(6)85-64(59)87-45-18-16-17-32(2)23-25-66-41(27-34(4)71)44(73)30-67(66,78)40(50(45)66)24-26-91-93-65(9,10)39-21-19-33(3)20-22-39/h17,19-22,24,36-38,41-43,45-48,50,52-55,58-59,61,63-64,69-70,72,74-76,78H,15,26-31H2,1-14H3/b32-17-,40-24+/t36-,37+,38-,41?,42+,43+,45+,46+,47+,48+,50?,52-,53+,54+,55-,58-,59-,61-,63+,64+,66?,67+/m1/s1. The molecular weight excluding hydrogens is 1380 g/mol. The first-order chi connectivity index (χ1) is 44.2. The number of Topliss-reactive ketones (excluding diaryl/α,β-unsaturated/α-hetero) is 2. The molecule has 2 aromatic carbocycles. The molecule has 3 aliphatic carbocycles. The van der Waals surface area contributed by atoms with Gasteiger partial charge in [0.05, 0.1) is 83.2 Å². The van der Waals surface area contributed by atoms with Gasteiger partial charge >= 0.3 is 0 Å². The molecule has 4 heterocycles. The number of aliphatic hydroxyl groups is 5. The number of halogens is 1. The molecule has 0 aromatic heterocycles. The van der Waals surface area contributed by atoms with Crippen molar-refractivity contribution in [1.29, 1.82) is 0 Å². The molecule has 0 bridgehead atoms.